The fraction of sp³-hybridized carbons (Fsp3) is 0.948. The first kappa shape index (κ1) is 89.1. The van der Waals surface area contributed by atoms with E-state index in [4.69, 9.17) is 18.9 Å². The van der Waals surface area contributed by atoms with Crippen molar-refractivity contribution < 1.29 is 38.1 Å². The van der Waals surface area contributed by atoms with Gasteiger partial charge in [0.1, 0.15) is 17.3 Å². The SMILES string of the molecule is CC(C)C(C)N1CCC1.CC(C)CC(=O)CC1CCCO1.CC(C)CC(=O)CCN1CCCCC1.CC(C)CCC(=O)N1CCN(C)CC1.CC(C)COC1CCCC1.CC(C)OCCN1CCCC1.CC(C)OCCN1CCCCC1.CCCC(=O)CC(C)C. The Morgan fingerprint density at radius 2 is 0.901 bits per heavy atom. The average Bonchev–Trinajstić information content (AvgIpc) is 3.06. The molecule has 1 saturated carbocycles. The van der Waals surface area contributed by atoms with E-state index in [1.165, 1.54) is 136 Å². The van der Waals surface area contributed by atoms with Crippen molar-refractivity contribution in [3.8, 4) is 0 Å². The quantitative estimate of drug-likeness (QED) is 0.0706. The van der Waals surface area contributed by atoms with E-state index in [-0.39, 0.29) is 6.10 Å². The second-order valence-electron chi connectivity index (χ2n) is 30.6. The molecule has 0 spiro atoms. The van der Waals surface area contributed by atoms with Crippen molar-refractivity contribution in [2.75, 3.05) is 132 Å². The predicted octanol–water partition coefficient (Wildman–Crippen LogP) is 16.0. The van der Waals surface area contributed by atoms with Crippen LogP contribution in [0.25, 0.3) is 0 Å². The number of Topliss-reactive ketones (excluding diaryl/α,β-unsaturated/α-hetero) is 3. The van der Waals surface area contributed by atoms with Gasteiger partial charge in [-0.2, -0.15) is 0 Å². The Kier molecular flexibility index (Phi) is 56.0. The summed E-state index contributed by atoms with van der Waals surface area (Å²) in [6.07, 6.45) is 28.6. The van der Waals surface area contributed by atoms with Crippen LogP contribution in [0.3, 0.4) is 0 Å². The van der Waals surface area contributed by atoms with Crippen molar-refractivity contribution in [2.24, 2.45) is 35.5 Å². The predicted molar refractivity (Wildman–Crippen MR) is 387 cm³/mol. The number of piperidine rings is 2. The van der Waals surface area contributed by atoms with Crippen LogP contribution in [-0.2, 0) is 38.1 Å². The first-order valence-electron chi connectivity index (χ1n) is 38.1. The zero-order valence-corrected chi connectivity index (χ0v) is 63.7. The molecule has 7 fully saturated rings. The number of likely N-dealkylation sites (N-methyl/N-ethyl adjacent to an activating group) is 1. The van der Waals surface area contributed by atoms with Crippen molar-refractivity contribution >= 4 is 23.3 Å². The number of likely N-dealkylation sites (tertiary alicyclic amines) is 4. The van der Waals surface area contributed by atoms with Gasteiger partial charge in [0.2, 0.25) is 5.91 Å². The van der Waals surface area contributed by atoms with Crippen molar-refractivity contribution in [3.05, 3.63) is 0 Å². The van der Waals surface area contributed by atoms with Crippen molar-refractivity contribution in [2.45, 2.75) is 309 Å². The highest BCUT2D eigenvalue weighted by Gasteiger charge is 2.23. The highest BCUT2D eigenvalue weighted by atomic mass is 16.5. The van der Waals surface area contributed by atoms with Gasteiger partial charge in [-0.3, -0.25) is 19.2 Å². The number of rotatable bonds is 29. The summed E-state index contributed by atoms with van der Waals surface area (Å²) in [6, 6.07) is 0.804. The molecule has 0 bridgehead atoms. The molecule has 6 saturated heterocycles. The Balaban J connectivity index is 0.00000102. The zero-order chi connectivity index (χ0) is 68.4. The molecule has 91 heavy (non-hydrogen) atoms. The average molecular weight is 1290 g/mol. The standard InChI is InChI=1S/C12H23NO.C11H22N2O.C10H21NO.C10H18O2.C9H19NO.C9H18O.C8H17N.C8H16O/c1-11(2)10-12(14)6-9-13-7-4-3-5-8-13;1-10(2)4-5-11(14)13-8-6-12(3)7-9-13;1-10(2)12-9-8-11-6-4-3-5-7-11;1-8(2)6-9(11)7-10-4-3-5-12-10;1-9(2)11-8-7-10-5-3-4-6-10;1-8(2)7-10-9-5-3-4-6-9;1-7(2)8(3)9-5-4-6-9;1-4-5-8(9)6-7(2)3/h11H,3-10H2,1-2H3;10H,4-9H2,1-3H3;10H,3-9H2,1-2H3;8,10H,3-7H2,1-2H3;9H,3-8H2,1-2H3;8-9H,3-7H2,1-2H3;7-8H,4-6H2,1-3H3;7H,4-6H2,1-3H3. The summed E-state index contributed by atoms with van der Waals surface area (Å²) < 4.78 is 22.0. The van der Waals surface area contributed by atoms with Crippen LogP contribution in [0.5, 0.6) is 0 Å². The number of hydrogen-bond donors (Lipinski definition) is 0. The Bertz CT molecular complexity index is 1690. The molecule has 1 amide bonds. The number of nitrogens with zero attached hydrogens (tertiary/aromatic N) is 6. The van der Waals surface area contributed by atoms with Gasteiger partial charge in [0.05, 0.1) is 37.6 Å². The van der Waals surface area contributed by atoms with E-state index in [1.807, 2.05) is 11.8 Å². The van der Waals surface area contributed by atoms with Crippen LogP contribution in [-0.4, -0.2) is 215 Å². The number of piperazine rings is 1. The van der Waals surface area contributed by atoms with Gasteiger partial charge in [-0.25, -0.2) is 0 Å². The van der Waals surface area contributed by atoms with Crippen molar-refractivity contribution in [3.63, 3.8) is 0 Å². The molecular formula is C77H154N6O8. The molecule has 7 aliphatic rings. The van der Waals surface area contributed by atoms with Gasteiger partial charge in [0.25, 0.3) is 0 Å². The molecule has 2 unspecified atom stereocenters. The Labute approximate surface area is 564 Å². The highest BCUT2D eigenvalue weighted by molar-refractivity contribution is 5.79. The van der Waals surface area contributed by atoms with Crippen molar-refractivity contribution in [1.82, 2.24) is 29.4 Å². The van der Waals surface area contributed by atoms with Gasteiger partial charge in [-0.15, -0.1) is 0 Å². The molecule has 14 heteroatoms. The van der Waals surface area contributed by atoms with Gasteiger partial charge in [-0.1, -0.05) is 116 Å². The van der Waals surface area contributed by atoms with Crippen LogP contribution in [0.2, 0.25) is 0 Å². The van der Waals surface area contributed by atoms with Gasteiger partial charge in [0.15, 0.2) is 0 Å². The molecule has 0 aromatic heterocycles. The van der Waals surface area contributed by atoms with E-state index in [9.17, 15) is 19.2 Å². The summed E-state index contributed by atoms with van der Waals surface area (Å²) in [5, 5.41) is 0. The fourth-order valence-corrected chi connectivity index (χ4v) is 11.7. The van der Waals surface area contributed by atoms with E-state index in [0.29, 0.717) is 84.0 Å². The molecule has 1 aliphatic carbocycles. The highest BCUT2D eigenvalue weighted by Crippen LogP contribution is 2.22. The zero-order valence-electron chi connectivity index (χ0n) is 63.7. The minimum Gasteiger partial charge on any atom is -0.378 e. The number of carbonyl (C=O) groups excluding carboxylic acids is 4. The maximum Gasteiger partial charge on any atom is 0.222 e. The first-order chi connectivity index (χ1) is 43.2. The first-order valence-corrected chi connectivity index (χ1v) is 38.1. The Morgan fingerprint density at radius 3 is 1.27 bits per heavy atom. The van der Waals surface area contributed by atoms with Crippen LogP contribution < -0.4 is 0 Å². The number of ether oxygens (including phenoxy) is 4. The Morgan fingerprint density at radius 1 is 0.451 bits per heavy atom. The van der Waals surface area contributed by atoms with Gasteiger partial charge in [0, 0.05) is 110 Å². The van der Waals surface area contributed by atoms with Gasteiger partial charge in [-0.05, 0) is 213 Å². The summed E-state index contributed by atoms with van der Waals surface area (Å²) in [4.78, 5) is 59.6. The lowest BCUT2D eigenvalue weighted by molar-refractivity contribution is -0.133. The molecule has 540 valence electrons. The summed E-state index contributed by atoms with van der Waals surface area (Å²) in [7, 11) is 2.11. The Hall–Kier alpha value is -1.88. The molecule has 0 radical (unpaired) electrons. The van der Waals surface area contributed by atoms with E-state index in [0.717, 1.165) is 142 Å². The smallest absolute Gasteiger partial charge is 0.222 e. The molecule has 6 aliphatic heterocycles. The topological polar surface area (TPSA) is 125 Å². The van der Waals surface area contributed by atoms with Crippen LogP contribution >= 0.6 is 0 Å². The monoisotopic (exact) mass is 1290 g/mol. The maximum absolute atomic E-state index is 11.7. The summed E-state index contributed by atoms with van der Waals surface area (Å²) in [5.41, 5.74) is 0. The molecule has 14 nitrogen and oxygen atoms in total. The molecule has 0 aromatic carbocycles. The number of amides is 1. The minimum atomic E-state index is 0.233. The molecule has 0 N–H and O–H groups in total. The van der Waals surface area contributed by atoms with E-state index in [1.54, 1.807) is 0 Å². The third-order valence-corrected chi connectivity index (χ3v) is 17.6. The third kappa shape index (κ3) is 54.9. The van der Waals surface area contributed by atoms with Crippen LogP contribution in [0.15, 0.2) is 0 Å². The van der Waals surface area contributed by atoms with Gasteiger partial charge >= 0.3 is 0 Å². The minimum absolute atomic E-state index is 0.233. The largest absolute Gasteiger partial charge is 0.378 e. The molecule has 6 heterocycles. The fourth-order valence-electron chi connectivity index (χ4n) is 11.7. The molecule has 0 aromatic rings. The van der Waals surface area contributed by atoms with E-state index >= 15 is 0 Å². The number of carbonyl (C=O) groups is 4. The van der Waals surface area contributed by atoms with Crippen molar-refractivity contribution in [1.29, 1.82) is 0 Å². The summed E-state index contributed by atoms with van der Waals surface area (Å²) in [5.74, 6) is 5.23. The summed E-state index contributed by atoms with van der Waals surface area (Å²) >= 11 is 0. The third-order valence-electron chi connectivity index (χ3n) is 17.6. The van der Waals surface area contributed by atoms with Crippen LogP contribution in [0.1, 0.15) is 279 Å². The number of ketones is 3. The van der Waals surface area contributed by atoms with E-state index < -0.39 is 0 Å². The maximum atomic E-state index is 11.7. The lowest BCUT2D eigenvalue weighted by Gasteiger charge is -2.38. The van der Waals surface area contributed by atoms with Crippen LogP contribution in [0, 0.1) is 35.5 Å². The summed E-state index contributed by atoms with van der Waals surface area (Å²) in [6.45, 7) is 59.5. The normalized spacial score (nSPS) is 19.6. The molecule has 7 rings (SSSR count). The second kappa shape index (κ2) is 57.2. The number of hydrogen-bond acceptors (Lipinski definition) is 13. The lowest BCUT2D eigenvalue weighted by Crippen LogP contribution is -2.47. The van der Waals surface area contributed by atoms with E-state index in [2.05, 4.69) is 149 Å². The second-order valence-corrected chi connectivity index (χ2v) is 30.6. The molecular weight excluding hydrogens is 1140 g/mol. The van der Waals surface area contributed by atoms with Gasteiger partial charge < -0.3 is 48.3 Å². The molecule has 2 atom stereocenters. The lowest BCUT2D eigenvalue weighted by atomic mass is 10.0. The van der Waals surface area contributed by atoms with Crippen LogP contribution in [0.4, 0.5) is 0 Å².